The average Bonchev–Trinajstić information content (AvgIpc) is 2.78. The second-order valence-electron chi connectivity index (χ2n) is 4.33. The van der Waals surface area contributed by atoms with Crippen LogP contribution in [0.25, 0.3) is 0 Å². The van der Waals surface area contributed by atoms with Crippen molar-refractivity contribution in [3.8, 4) is 0 Å². The highest BCUT2D eigenvalue weighted by Gasteiger charge is 2.19. The van der Waals surface area contributed by atoms with Crippen molar-refractivity contribution in [2.45, 2.75) is 26.3 Å². The summed E-state index contributed by atoms with van der Waals surface area (Å²) < 4.78 is 15.1. The minimum absolute atomic E-state index is 0.0886. The summed E-state index contributed by atoms with van der Waals surface area (Å²) in [4.78, 5) is 11.1. The van der Waals surface area contributed by atoms with Crippen LogP contribution in [0.1, 0.15) is 35.1 Å². The molecule has 0 atom stereocenters. The van der Waals surface area contributed by atoms with Crippen molar-refractivity contribution in [2.24, 2.45) is 0 Å². The number of halogens is 2. The molecule has 0 saturated heterocycles. The van der Waals surface area contributed by atoms with E-state index < -0.39 is 11.8 Å². The fourth-order valence-electron chi connectivity index (χ4n) is 1.94. The van der Waals surface area contributed by atoms with Crippen molar-refractivity contribution in [3.05, 3.63) is 46.0 Å². The van der Waals surface area contributed by atoms with Crippen LogP contribution in [0.15, 0.2) is 18.2 Å². The summed E-state index contributed by atoms with van der Waals surface area (Å²) in [5, 5.41) is 16.9. The molecule has 1 aromatic carbocycles. The summed E-state index contributed by atoms with van der Waals surface area (Å²) >= 11 is 5.83. The van der Waals surface area contributed by atoms with Crippen molar-refractivity contribution in [1.29, 1.82) is 0 Å². The van der Waals surface area contributed by atoms with E-state index in [1.54, 1.807) is 0 Å². The first kappa shape index (κ1) is 14.5. The molecular weight excluding hydrogens is 285 g/mol. The molecule has 106 valence electrons. The highest BCUT2D eigenvalue weighted by molar-refractivity contribution is 6.30. The summed E-state index contributed by atoms with van der Waals surface area (Å²) in [6.07, 6.45) is 1.25. The van der Waals surface area contributed by atoms with E-state index in [9.17, 15) is 9.18 Å². The number of carboxylic acids is 1. The van der Waals surface area contributed by atoms with Crippen LogP contribution in [0.4, 0.5) is 4.39 Å². The monoisotopic (exact) mass is 297 g/mol. The van der Waals surface area contributed by atoms with Crippen LogP contribution in [0.2, 0.25) is 5.02 Å². The molecule has 0 radical (unpaired) electrons. The Hall–Kier alpha value is -1.95. The molecule has 20 heavy (non-hydrogen) atoms. The van der Waals surface area contributed by atoms with Crippen molar-refractivity contribution in [3.63, 3.8) is 0 Å². The Kier molecular flexibility index (Phi) is 4.34. The van der Waals surface area contributed by atoms with Gasteiger partial charge in [0.15, 0.2) is 5.69 Å². The Balaban J connectivity index is 2.38. The Labute approximate surface area is 120 Å². The van der Waals surface area contributed by atoms with Gasteiger partial charge in [-0.1, -0.05) is 30.2 Å². The maximum atomic E-state index is 13.7. The van der Waals surface area contributed by atoms with Gasteiger partial charge in [0.1, 0.15) is 5.82 Å². The van der Waals surface area contributed by atoms with Crippen LogP contribution in [0, 0.1) is 5.82 Å². The first-order valence-corrected chi connectivity index (χ1v) is 6.50. The minimum Gasteiger partial charge on any atom is -0.476 e. The minimum atomic E-state index is -1.13. The zero-order valence-corrected chi connectivity index (χ0v) is 11.6. The van der Waals surface area contributed by atoms with Gasteiger partial charge in [0, 0.05) is 10.6 Å². The molecule has 0 fully saturated rings. The summed E-state index contributed by atoms with van der Waals surface area (Å²) in [6.45, 7) is 2.02. The number of carboxylic acid groups (broad SMARTS) is 1. The molecule has 2 aromatic rings. The molecule has 7 heteroatoms. The fourth-order valence-corrected chi connectivity index (χ4v) is 2.13. The molecule has 0 aliphatic carbocycles. The third-order valence-electron chi connectivity index (χ3n) is 2.85. The Morgan fingerprint density at radius 3 is 2.90 bits per heavy atom. The predicted molar refractivity (Wildman–Crippen MR) is 71.5 cm³/mol. The molecule has 0 saturated carbocycles. The maximum absolute atomic E-state index is 13.7. The van der Waals surface area contributed by atoms with Gasteiger partial charge in [-0.2, -0.15) is 0 Å². The first-order valence-electron chi connectivity index (χ1n) is 6.12. The summed E-state index contributed by atoms with van der Waals surface area (Å²) in [7, 11) is 0. The van der Waals surface area contributed by atoms with Gasteiger partial charge in [-0.3, -0.25) is 0 Å². The number of aromatic carboxylic acids is 1. The zero-order chi connectivity index (χ0) is 14.7. The quantitative estimate of drug-likeness (QED) is 0.921. The van der Waals surface area contributed by atoms with E-state index >= 15 is 0 Å². The van der Waals surface area contributed by atoms with Crippen LogP contribution in [-0.4, -0.2) is 26.1 Å². The lowest BCUT2D eigenvalue weighted by molar-refractivity contribution is 0.0689. The molecule has 0 aliphatic rings. The third kappa shape index (κ3) is 2.96. The van der Waals surface area contributed by atoms with E-state index in [-0.39, 0.29) is 12.2 Å². The van der Waals surface area contributed by atoms with E-state index in [1.165, 1.54) is 22.9 Å². The topological polar surface area (TPSA) is 68.0 Å². The van der Waals surface area contributed by atoms with Gasteiger partial charge in [0.2, 0.25) is 0 Å². The largest absolute Gasteiger partial charge is 0.476 e. The molecule has 1 aromatic heterocycles. The van der Waals surface area contributed by atoms with Crippen molar-refractivity contribution >= 4 is 17.6 Å². The predicted octanol–water partition coefficient (Wildman–Crippen LogP) is 2.77. The second-order valence-corrected chi connectivity index (χ2v) is 4.77. The maximum Gasteiger partial charge on any atom is 0.358 e. The van der Waals surface area contributed by atoms with Crippen LogP contribution < -0.4 is 0 Å². The lowest BCUT2D eigenvalue weighted by Crippen LogP contribution is -2.10. The van der Waals surface area contributed by atoms with Gasteiger partial charge in [0.05, 0.1) is 12.2 Å². The molecule has 0 unspecified atom stereocenters. The second kappa shape index (κ2) is 6.00. The number of aromatic nitrogens is 3. The number of benzene rings is 1. The number of hydrogen-bond donors (Lipinski definition) is 1. The number of rotatable bonds is 5. The molecular formula is C13H13ClFN3O2. The molecule has 0 spiro atoms. The van der Waals surface area contributed by atoms with Gasteiger partial charge < -0.3 is 5.11 Å². The molecule has 1 N–H and O–H groups in total. The van der Waals surface area contributed by atoms with E-state index in [0.29, 0.717) is 22.7 Å². The van der Waals surface area contributed by atoms with Crippen LogP contribution in [0.3, 0.4) is 0 Å². The molecule has 0 amide bonds. The Bertz CT molecular complexity index is 643. The third-order valence-corrected chi connectivity index (χ3v) is 3.09. The normalized spacial score (nSPS) is 10.8. The molecule has 5 nitrogen and oxygen atoms in total. The van der Waals surface area contributed by atoms with Crippen LogP contribution in [0.5, 0.6) is 0 Å². The summed E-state index contributed by atoms with van der Waals surface area (Å²) in [5.41, 5.74) is 0.741. The van der Waals surface area contributed by atoms with E-state index in [4.69, 9.17) is 16.7 Å². The van der Waals surface area contributed by atoms with Gasteiger partial charge in [-0.15, -0.1) is 5.10 Å². The van der Waals surface area contributed by atoms with Gasteiger partial charge in [-0.25, -0.2) is 13.9 Å². The highest BCUT2D eigenvalue weighted by Crippen LogP contribution is 2.17. The SMILES string of the molecule is CCCc1c(C(=O)O)nnn1Cc1cc(Cl)ccc1F. The summed E-state index contributed by atoms with van der Waals surface area (Å²) in [6, 6.07) is 4.22. The Morgan fingerprint density at radius 2 is 2.25 bits per heavy atom. The smallest absolute Gasteiger partial charge is 0.358 e. The van der Waals surface area contributed by atoms with Crippen LogP contribution in [-0.2, 0) is 13.0 Å². The van der Waals surface area contributed by atoms with Crippen molar-refractivity contribution < 1.29 is 14.3 Å². The number of carbonyl (C=O) groups is 1. The lowest BCUT2D eigenvalue weighted by Gasteiger charge is -2.07. The molecule has 0 aliphatic heterocycles. The van der Waals surface area contributed by atoms with Gasteiger partial charge in [-0.05, 0) is 24.6 Å². The Morgan fingerprint density at radius 1 is 1.50 bits per heavy atom. The molecule has 2 rings (SSSR count). The molecule has 1 heterocycles. The van der Waals surface area contributed by atoms with E-state index in [1.807, 2.05) is 6.92 Å². The van der Waals surface area contributed by atoms with Crippen LogP contribution >= 0.6 is 11.6 Å². The van der Waals surface area contributed by atoms with Gasteiger partial charge >= 0.3 is 5.97 Å². The zero-order valence-electron chi connectivity index (χ0n) is 10.8. The van der Waals surface area contributed by atoms with E-state index in [2.05, 4.69) is 10.3 Å². The average molecular weight is 298 g/mol. The fraction of sp³-hybridized carbons (Fsp3) is 0.308. The van der Waals surface area contributed by atoms with Gasteiger partial charge in [0.25, 0.3) is 0 Å². The highest BCUT2D eigenvalue weighted by atomic mass is 35.5. The summed E-state index contributed by atoms with van der Waals surface area (Å²) in [5.74, 6) is -1.55. The molecule has 0 bridgehead atoms. The standard InChI is InChI=1S/C13H13ClFN3O2/c1-2-3-11-12(13(19)20)16-17-18(11)7-8-6-9(14)4-5-10(8)15/h4-6H,2-3,7H2,1H3,(H,19,20). The van der Waals surface area contributed by atoms with Crippen molar-refractivity contribution in [1.82, 2.24) is 15.0 Å². The van der Waals surface area contributed by atoms with Crippen molar-refractivity contribution in [2.75, 3.05) is 0 Å². The van der Waals surface area contributed by atoms with E-state index in [0.717, 1.165) is 6.42 Å². The lowest BCUT2D eigenvalue weighted by atomic mass is 10.1. The number of hydrogen-bond acceptors (Lipinski definition) is 3. The number of nitrogens with zero attached hydrogens (tertiary/aromatic N) is 3. The first-order chi connectivity index (χ1) is 9.52.